The zero-order chi connectivity index (χ0) is 15.5. The molecule has 1 aromatic rings. The smallest absolute Gasteiger partial charge is 0.366 e. The second-order valence-corrected chi connectivity index (χ2v) is 5.16. The van der Waals surface area contributed by atoms with E-state index in [0.717, 1.165) is 5.56 Å². The maximum atomic E-state index is 14.1. The molecule has 0 unspecified atom stereocenters. The van der Waals surface area contributed by atoms with Crippen molar-refractivity contribution in [2.45, 2.75) is 12.7 Å². The highest BCUT2D eigenvalue weighted by molar-refractivity contribution is 5.55. The highest BCUT2D eigenvalue weighted by atomic mass is 19.4. The molecule has 1 N–H and O–H groups in total. The standard InChI is InChI=1S/C14H19F4N3/c1-19-9-11-3-2-4-12(15)13(11)21-7-5-20(6-8-21)10-14(16,17)18/h2-4,19H,5-10H2,1H3. The van der Waals surface area contributed by atoms with Crippen molar-refractivity contribution in [1.82, 2.24) is 10.2 Å². The van der Waals surface area contributed by atoms with E-state index in [1.54, 1.807) is 13.1 Å². The molecule has 0 aliphatic carbocycles. The zero-order valence-electron chi connectivity index (χ0n) is 11.9. The van der Waals surface area contributed by atoms with Crippen LogP contribution < -0.4 is 10.2 Å². The van der Waals surface area contributed by atoms with Crippen molar-refractivity contribution in [3.05, 3.63) is 29.6 Å². The summed E-state index contributed by atoms with van der Waals surface area (Å²) in [6.07, 6.45) is -4.18. The van der Waals surface area contributed by atoms with Gasteiger partial charge in [0.15, 0.2) is 0 Å². The lowest BCUT2D eigenvalue weighted by Gasteiger charge is -2.37. The van der Waals surface area contributed by atoms with Crippen LogP contribution in [0.4, 0.5) is 23.2 Å². The Bertz CT molecular complexity index is 468. The van der Waals surface area contributed by atoms with Crippen molar-refractivity contribution < 1.29 is 17.6 Å². The molecule has 1 aliphatic heterocycles. The van der Waals surface area contributed by atoms with E-state index in [4.69, 9.17) is 0 Å². The van der Waals surface area contributed by atoms with E-state index >= 15 is 0 Å². The molecule has 1 aliphatic rings. The lowest BCUT2D eigenvalue weighted by molar-refractivity contribution is -0.146. The summed E-state index contributed by atoms with van der Waals surface area (Å²) in [5, 5.41) is 2.98. The molecule has 118 valence electrons. The third-order valence-corrected chi connectivity index (χ3v) is 3.53. The molecule has 0 bridgehead atoms. The molecule has 0 amide bonds. The number of hydrogen-bond acceptors (Lipinski definition) is 3. The summed E-state index contributed by atoms with van der Waals surface area (Å²) in [6.45, 7) is 0.985. The van der Waals surface area contributed by atoms with Gasteiger partial charge in [0, 0.05) is 32.7 Å². The number of hydrogen-bond donors (Lipinski definition) is 1. The van der Waals surface area contributed by atoms with E-state index in [1.807, 2.05) is 11.0 Å². The van der Waals surface area contributed by atoms with Gasteiger partial charge in [-0.05, 0) is 18.7 Å². The van der Waals surface area contributed by atoms with Crippen LogP contribution in [0.5, 0.6) is 0 Å². The monoisotopic (exact) mass is 305 g/mol. The molecular formula is C14H19F4N3. The van der Waals surface area contributed by atoms with Crippen LogP contribution in [0.3, 0.4) is 0 Å². The normalized spacial score (nSPS) is 17.3. The Morgan fingerprint density at radius 2 is 1.81 bits per heavy atom. The number of benzene rings is 1. The summed E-state index contributed by atoms with van der Waals surface area (Å²) in [7, 11) is 1.77. The van der Waals surface area contributed by atoms with E-state index in [-0.39, 0.29) is 18.9 Å². The molecule has 7 heteroatoms. The van der Waals surface area contributed by atoms with Crippen molar-refractivity contribution in [3.63, 3.8) is 0 Å². The van der Waals surface area contributed by atoms with Gasteiger partial charge in [0.25, 0.3) is 0 Å². The van der Waals surface area contributed by atoms with Crippen LogP contribution in [0.2, 0.25) is 0 Å². The molecule has 0 saturated carbocycles. The van der Waals surface area contributed by atoms with Gasteiger partial charge >= 0.3 is 6.18 Å². The van der Waals surface area contributed by atoms with E-state index in [2.05, 4.69) is 5.32 Å². The number of anilines is 1. The highest BCUT2D eigenvalue weighted by Crippen LogP contribution is 2.26. The van der Waals surface area contributed by atoms with Gasteiger partial charge in [-0.15, -0.1) is 0 Å². The summed E-state index contributed by atoms with van der Waals surface area (Å²) in [6, 6.07) is 4.86. The maximum Gasteiger partial charge on any atom is 0.401 e. The van der Waals surface area contributed by atoms with Crippen molar-refractivity contribution in [3.8, 4) is 0 Å². The van der Waals surface area contributed by atoms with E-state index in [1.165, 1.54) is 11.0 Å². The van der Waals surface area contributed by atoms with Crippen LogP contribution in [0, 0.1) is 5.82 Å². The van der Waals surface area contributed by atoms with Gasteiger partial charge in [0.2, 0.25) is 0 Å². The minimum Gasteiger partial charge on any atom is -0.366 e. The summed E-state index contributed by atoms with van der Waals surface area (Å²) >= 11 is 0. The van der Waals surface area contributed by atoms with Gasteiger partial charge in [-0.25, -0.2) is 4.39 Å². The third kappa shape index (κ3) is 4.31. The lowest BCUT2D eigenvalue weighted by atomic mass is 10.1. The first-order valence-electron chi connectivity index (χ1n) is 6.87. The Labute approximate surface area is 121 Å². The van der Waals surface area contributed by atoms with Crippen LogP contribution in [0.1, 0.15) is 5.56 Å². The van der Waals surface area contributed by atoms with Crippen LogP contribution in [0.25, 0.3) is 0 Å². The Hall–Kier alpha value is -1.34. The number of rotatable bonds is 4. The molecule has 0 radical (unpaired) electrons. The first-order valence-corrected chi connectivity index (χ1v) is 6.87. The molecule has 0 aromatic heterocycles. The fourth-order valence-electron chi connectivity index (χ4n) is 2.63. The van der Waals surface area contributed by atoms with Crippen LogP contribution in [-0.2, 0) is 6.54 Å². The highest BCUT2D eigenvalue weighted by Gasteiger charge is 2.32. The van der Waals surface area contributed by atoms with Gasteiger partial charge in [-0.1, -0.05) is 12.1 Å². The second kappa shape index (κ2) is 6.62. The number of nitrogens with zero attached hydrogens (tertiary/aromatic N) is 2. The Morgan fingerprint density at radius 1 is 1.14 bits per heavy atom. The molecule has 1 fully saturated rings. The SMILES string of the molecule is CNCc1cccc(F)c1N1CCN(CC(F)(F)F)CC1. The quantitative estimate of drug-likeness (QED) is 0.861. The summed E-state index contributed by atoms with van der Waals surface area (Å²) in [5.41, 5.74) is 1.32. The first-order chi connectivity index (χ1) is 9.90. The minimum absolute atomic E-state index is 0.285. The molecule has 0 atom stereocenters. The lowest BCUT2D eigenvalue weighted by Crippen LogP contribution is -2.49. The van der Waals surface area contributed by atoms with Gasteiger partial charge in [0.1, 0.15) is 5.82 Å². The predicted molar refractivity (Wildman–Crippen MR) is 73.9 cm³/mol. The largest absolute Gasteiger partial charge is 0.401 e. The average molecular weight is 305 g/mol. The van der Waals surface area contributed by atoms with E-state index < -0.39 is 12.7 Å². The van der Waals surface area contributed by atoms with Crippen LogP contribution in [0.15, 0.2) is 18.2 Å². The van der Waals surface area contributed by atoms with Gasteiger partial charge in [-0.3, -0.25) is 4.90 Å². The second-order valence-electron chi connectivity index (χ2n) is 5.16. The predicted octanol–water partition coefficient (Wildman–Crippen LogP) is 2.23. The molecule has 0 spiro atoms. The van der Waals surface area contributed by atoms with Crippen molar-refractivity contribution in [2.75, 3.05) is 44.7 Å². The maximum absolute atomic E-state index is 14.1. The first kappa shape index (κ1) is 16.0. The van der Waals surface area contributed by atoms with Crippen molar-refractivity contribution in [2.24, 2.45) is 0 Å². The summed E-state index contributed by atoms with van der Waals surface area (Å²) < 4.78 is 51.2. The van der Waals surface area contributed by atoms with Crippen molar-refractivity contribution in [1.29, 1.82) is 0 Å². The summed E-state index contributed by atoms with van der Waals surface area (Å²) in [5.74, 6) is -0.327. The van der Waals surface area contributed by atoms with E-state index in [9.17, 15) is 17.6 Å². The number of nitrogens with one attached hydrogen (secondary N) is 1. The molecule has 21 heavy (non-hydrogen) atoms. The molecule has 1 saturated heterocycles. The van der Waals surface area contributed by atoms with Crippen LogP contribution >= 0.6 is 0 Å². The molecule has 1 heterocycles. The van der Waals surface area contributed by atoms with E-state index in [0.29, 0.717) is 25.3 Å². The molecule has 2 rings (SSSR count). The number of para-hydroxylation sites is 1. The topological polar surface area (TPSA) is 18.5 Å². The molecule has 1 aromatic carbocycles. The zero-order valence-corrected chi connectivity index (χ0v) is 11.9. The molecular weight excluding hydrogens is 286 g/mol. The number of alkyl halides is 3. The van der Waals surface area contributed by atoms with Crippen LogP contribution in [-0.4, -0.2) is 50.8 Å². The van der Waals surface area contributed by atoms with Gasteiger partial charge in [-0.2, -0.15) is 13.2 Å². The van der Waals surface area contributed by atoms with Gasteiger partial charge < -0.3 is 10.2 Å². The average Bonchev–Trinajstić information content (AvgIpc) is 2.39. The minimum atomic E-state index is -4.18. The Kier molecular flexibility index (Phi) is 5.05. The Balaban J connectivity index is 2.05. The number of halogens is 4. The number of piperazine rings is 1. The Morgan fingerprint density at radius 3 is 2.38 bits per heavy atom. The fourth-order valence-corrected chi connectivity index (χ4v) is 2.63. The summed E-state index contributed by atoms with van der Waals surface area (Å²) in [4.78, 5) is 3.18. The molecule has 3 nitrogen and oxygen atoms in total. The van der Waals surface area contributed by atoms with Gasteiger partial charge in [0.05, 0.1) is 12.2 Å². The fraction of sp³-hybridized carbons (Fsp3) is 0.571. The van der Waals surface area contributed by atoms with Crippen molar-refractivity contribution >= 4 is 5.69 Å². The third-order valence-electron chi connectivity index (χ3n) is 3.53.